The summed E-state index contributed by atoms with van der Waals surface area (Å²) >= 11 is 0. The van der Waals surface area contributed by atoms with Gasteiger partial charge in [0, 0.05) is 38.9 Å². The van der Waals surface area contributed by atoms with Gasteiger partial charge in [-0.15, -0.1) is 0 Å². The summed E-state index contributed by atoms with van der Waals surface area (Å²) in [6, 6.07) is 31.4. The Morgan fingerprint density at radius 3 is 0.608 bits per heavy atom. The predicted molar refractivity (Wildman–Crippen MR) is 411 cm³/mol. The molecule has 0 heterocycles. The molecule has 0 amide bonds. The molecule has 5 unspecified atom stereocenters. The maximum atomic E-state index is 6.54. The average Bonchev–Trinajstić information content (AvgIpc) is 0.773. The van der Waals surface area contributed by atoms with E-state index >= 15 is 0 Å². The lowest BCUT2D eigenvalue weighted by molar-refractivity contribution is 0.232. The Morgan fingerprint density at radius 2 is 0.433 bits per heavy atom. The summed E-state index contributed by atoms with van der Waals surface area (Å²) < 4.78 is 32.6. The van der Waals surface area contributed by atoms with Crippen LogP contribution in [0.15, 0.2) is 91.0 Å². The van der Waals surface area contributed by atoms with Gasteiger partial charge in [-0.25, -0.2) is 0 Å². The number of ether oxygens (including phenoxy) is 5. The van der Waals surface area contributed by atoms with Crippen LogP contribution in [0.5, 0.6) is 28.7 Å². The van der Waals surface area contributed by atoms with Crippen molar-refractivity contribution in [3.05, 3.63) is 180 Å². The molecule has 5 nitrogen and oxygen atoms in total. The number of hydrogen-bond donors (Lipinski definition) is 0. The standard InChI is InChI=1S/C92H118O5/c1-17-27-32-73(22-6)62-93-88-52-42-78(57-67(88)11)37-47-83-72(16)84(48-38-79-43-53-89(68(12)58-79)94-63-74(23-7)33-28-18-2)86(50-40-81-45-55-91(70(14)60-81)96-65-76(25-9)35-30-20-4)87(51-41-82-46-56-92(71(15)61-82)97-66-77(26-10)36-31-21-5)85(83)49-39-80-44-54-90(69(13)59-80)95-64-75(24-8)34-29-19-3/h42-46,52-61,73-77H,17-36,62-66H2,1-16H3. The van der Waals surface area contributed by atoms with Crippen LogP contribution in [-0.2, 0) is 0 Å². The molecule has 97 heavy (non-hydrogen) atoms. The predicted octanol–water partition coefficient (Wildman–Crippen LogP) is 23.5. The highest BCUT2D eigenvalue weighted by Gasteiger charge is 2.21. The number of rotatable bonds is 35. The minimum absolute atomic E-state index is 0.509. The maximum Gasteiger partial charge on any atom is 0.122 e. The van der Waals surface area contributed by atoms with Gasteiger partial charge in [0.1, 0.15) is 28.7 Å². The van der Waals surface area contributed by atoms with E-state index in [1.807, 2.05) is 0 Å². The van der Waals surface area contributed by atoms with Crippen LogP contribution < -0.4 is 23.7 Å². The molecule has 0 bridgehead atoms. The lowest BCUT2D eigenvalue weighted by Gasteiger charge is -2.17. The molecule has 0 radical (unpaired) electrons. The topological polar surface area (TPSA) is 46.2 Å². The van der Waals surface area contributed by atoms with Gasteiger partial charge in [0.2, 0.25) is 0 Å². The molecule has 0 aliphatic heterocycles. The molecule has 0 N–H and O–H groups in total. The van der Waals surface area contributed by atoms with Crippen molar-refractivity contribution in [3.8, 4) is 88.0 Å². The summed E-state index contributed by atoms with van der Waals surface area (Å²) in [5.41, 5.74) is 13.9. The highest BCUT2D eigenvalue weighted by atomic mass is 16.5. The second kappa shape index (κ2) is 42.7. The third-order valence-electron chi connectivity index (χ3n) is 19.4. The van der Waals surface area contributed by atoms with Crippen molar-refractivity contribution in [3.63, 3.8) is 0 Å². The van der Waals surface area contributed by atoms with Crippen LogP contribution in [0, 0.1) is 130 Å². The van der Waals surface area contributed by atoms with Gasteiger partial charge in [-0.2, -0.15) is 0 Å². The van der Waals surface area contributed by atoms with Crippen molar-refractivity contribution >= 4 is 0 Å². The van der Waals surface area contributed by atoms with E-state index in [0.717, 1.165) is 140 Å². The van der Waals surface area contributed by atoms with Gasteiger partial charge in [0.05, 0.1) is 49.7 Å². The van der Waals surface area contributed by atoms with E-state index in [9.17, 15) is 0 Å². The van der Waals surface area contributed by atoms with Crippen molar-refractivity contribution in [1.29, 1.82) is 0 Å². The molecule has 0 aliphatic carbocycles. The third-order valence-corrected chi connectivity index (χ3v) is 19.4. The minimum Gasteiger partial charge on any atom is -0.493 e. The van der Waals surface area contributed by atoms with Crippen LogP contribution >= 0.6 is 0 Å². The van der Waals surface area contributed by atoms with E-state index in [4.69, 9.17) is 23.7 Å². The van der Waals surface area contributed by atoms with Crippen LogP contribution in [0.25, 0.3) is 0 Å². The van der Waals surface area contributed by atoms with E-state index in [2.05, 4.69) is 261 Å². The molecule has 0 fully saturated rings. The molecule has 0 aromatic heterocycles. The zero-order valence-electron chi connectivity index (χ0n) is 62.8. The second-order valence-corrected chi connectivity index (χ2v) is 27.3. The second-order valence-electron chi connectivity index (χ2n) is 27.3. The van der Waals surface area contributed by atoms with Crippen molar-refractivity contribution in [2.75, 3.05) is 33.0 Å². The summed E-state index contributed by atoms with van der Waals surface area (Å²) in [6.45, 7) is 38.7. The van der Waals surface area contributed by atoms with E-state index < -0.39 is 0 Å². The van der Waals surface area contributed by atoms with Gasteiger partial charge in [-0.05, 0) is 228 Å². The highest BCUT2D eigenvalue weighted by Crippen LogP contribution is 2.32. The van der Waals surface area contributed by atoms with E-state index in [1.54, 1.807) is 0 Å². The lowest BCUT2D eigenvalue weighted by atomic mass is 9.86. The maximum absolute atomic E-state index is 6.54. The Morgan fingerprint density at radius 1 is 0.247 bits per heavy atom. The fourth-order valence-electron chi connectivity index (χ4n) is 12.2. The summed E-state index contributed by atoms with van der Waals surface area (Å²) in [4.78, 5) is 0. The minimum atomic E-state index is 0.509. The van der Waals surface area contributed by atoms with E-state index in [1.165, 1.54) is 89.9 Å². The number of benzene rings is 6. The molecule has 6 aromatic rings. The zero-order chi connectivity index (χ0) is 69.9. The van der Waals surface area contributed by atoms with Gasteiger partial charge in [-0.3, -0.25) is 0 Å². The lowest BCUT2D eigenvalue weighted by Crippen LogP contribution is -2.11. The van der Waals surface area contributed by atoms with Crippen molar-refractivity contribution in [2.24, 2.45) is 29.6 Å². The Hall–Kier alpha value is -7.88. The first-order chi connectivity index (χ1) is 47.1. The van der Waals surface area contributed by atoms with E-state index in [-0.39, 0.29) is 0 Å². The molecule has 6 aromatic carbocycles. The van der Waals surface area contributed by atoms with Crippen LogP contribution in [0.3, 0.4) is 0 Å². The average molecular weight is 1300 g/mol. The molecular formula is C92H118O5. The van der Waals surface area contributed by atoms with Crippen LogP contribution in [-0.4, -0.2) is 33.0 Å². The summed E-state index contributed by atoms with van der Waals surface area (Å²) in [7, 11) is 0. The molecule has 0 saturated heterocycles. The largest absolute Gasteiger partial charge is 0.493 e. The quantitative estimate of drug-likeness (QED) is 0.0371. The zero-order valence-corrected chi connectivity index (χ0v) is 62.8. The molecule has 516 valence electrons. The van der Waals surface area contributed by atoms with Crippen molar-refractivity contribution in [1.82, 2.24) is 0 Å². The van der Waals surface area contributed by atoms with Gasteiger partial charge in [0.15, 0.2) is 0 Å². The normalized spacial score (nSPS) is 12.3. The van der Waals surface area contributed by atoms with Crippen LogP contribution in [0.4, 0.5) is 0 Å². The van der Waals surface area contributed by atoms with Gasteiger partial charge in [0.25, 0.3) is 0 Å². The highest BCUT2D eigenvalue weighted by molar-refractivity contribution is 5.76. The number of hydrogen-bond acceptors (Lipinski definition) is 5. The van der Waals surface area contributed by atoms with Gasteiger partial charge < -0.3 is 23.7 Å². The first kappa shape index (κ1) is 78.1. The summed E-state index contributed by atoms with van der Waals surface area (Å²) in [5, 5.41) is 0. The molecule has 5 atom stereocenters. The summed E-state index contributed by atoms with van der Waals surface area (Å²) in [6.07, 6.45) is 23.2. The smallest absolute Gasteiger partial charge is 0.122 e. The third kappa shape index (κ3) is 25.2. The van der Waals surface area contributed by atoms with Gasteiger partial charge >= 0.3 is 0 Å². The first-order valence-corrected chi connectivity index (χ1v) is 37.6. The number of aryl methyl sites for hydroxylation is 5. The molecule has 0 spiro atoms. The molecular weight excluding hydrogens is 1190 g/mol. The number of unbranched alkanes of at least 4 members (excludes halogenated alkanes) is 5. The Labute approximate surface area is 590 Å². The molecule has 6 rings (SSSR count). The summed E-state index contributed by atoms with van der Waals surface area (Å²) in [5.74, 6) is 43.8. The SMILES string of the molecule is CCCCC(CC)COc1ccc(C#Cc2c(C)c(C#Cc3ccc(OCC(CC)CCCC)c(C)c3)c(C#Cc3ccc(OCC(CC)CCCC)c(C)c3)c(C#Cc3ccc(OCC(CC)CCCC)c(C)c3)c2C#Cc2ccc(OCC(CC)CCCC)c(C)c2)cc1C. The monoisotopic (exact) mass is 1300 g/mol. The molecule has 0 aliphatic rings. The van der Waals surface area contributed by atoms with Gasteiger partial charge in [-0.1, -0.05) is 225 Å². The fourth-order valence-corrected chi connectivity index (χ4v) is 12.2. The first-order valence-electron chi connectivity index (χ1n) is 37.6. The van der Waals surface area contributed by atoms with E-state index in [0.29, 0.717) is 79.3 Å². The van der Waals surface area contributed by atoms with Crippen LogP contribution in [0.1, 0.15) is 287 Å². The Kier molecular flexibility index (Phi) is 34.4. The fraction of sp³-hybridized carbons (Fsp3) is 0.500. The molecule has 0 saturated carbocycles. The Balaban J connectivity index is 1.65. The van der Waals surface area contributed by atoms with Crippen molar-refractivity contribution in [2.45, 2.75) is 239 Å². The van der Waals surface area contributed by atoms with Crippen molar-refractivity contribution < 1.29 is 23.7 Å². The molecule has 5 heteroatoms. The van der Waals surface area contributed by atoms with Crippen LogP contribution in [0.2, 0.25) is 0 Å². The Bertz CT molecular complexity index is 3580.